The number of nitrogens with zero attached hydrogens (tertiary/aromatic N) is 1. The first-order valence-corrected chi connectivity index (χ1v) is 6.67. The number of hydrogen-bond donors (Lipinski definition) is 1. The predicted octanol–water partition coefficient (Wildman–Crippen LogP) is 2.65. The third-order valence-electron chi connectivity index (χ3n) is 3.21. The van der Waals surface area contributed by atoms with E-state index < -0.39 is 5.60 Å². The van der Waals surface area contributed by atoms with Crippen molar-refractivity contribution in [3.8, 4) is 0 Å². The van der Waals surface area contributed by atoms with Crippen LogP contribution in [0.15, 0.2) is 0 Å². The van der Waals surface area contributed by atoms with Crippen LogP contribution in [0.3, 0.4) is 0 Å². The molecule has 0 aromatic carbocycles. The third-order valence-corrected chi connectivity index (χ3v) is 3.21. The second-order valence-electron chi connectivity index (χ2n) is 7.29. The Labute approximate surface area is 110 Å². The fraction of sp³-hybridized carbons (Fsp3) is 0.929. The lowest BCUT2D eigenvalue weighted by Crippen LogP contribution is -2.38. The van der Waals surface area contributed by atoms with E-state index in [2.05, 4.69) is 0 Å². The normalized spacial score (nSPS) is 23.1. The molecule has 4 heteroatoms. The number of ether oxygens (including phenoxy) is 1. The van der Waals surface area contributed by atoms with E-state index in [1.165, 1.54) is 0 Å². The molecule has 1 heterocycles. The van der Waals surface area contributed by atoms with E-state index in [0.717, 1.165) is 6.42 Å². The summed E-state index contributed by atoms with van der Waals surface area (Å²) in [5.74, 6) is 0.150. The number of likely N-dealkylation sites (tertiary alicyclic amines) is 1. The van der Waals surface area contributed by atoms with Crippen molar-refractivity contribution in [1.29, 1.82) is 0 Å². The van der Waals surface area contributed by atoms with Crippen molar-refractivity contribution in [2.45, 2.75) is 59.7 Å². The van der Waals surface area contributed by atoms with Crippen molar-refractivity contribution >= 4 is 6.09 Å². The van der Waals surface area contributed by atoms with Crippen LogP contribution in [0.2, 0.25) is 0 Å². The van der Waals surface area contributed by atoms with Gasteiger partial charge in [-0.1, -0.05) is 20.8 Å². The summed E-state index contributed by atoms with van der Waals surface area (Å²) in [6.07, 6.45) is 0.188. The number of carbonyl (C=O) groups excluding carboxylic acids is 1. The number of amides is 1. The number of hydrogen-bond acceptors (Lipinski definition) is 3. The molecule has 0 radical (unpaired) electrons. The van der Waals surface area contributed by atoms with Crippen LogP contribution in [0, 0.1) is 11.3 Å². The molecule has 0 aliphatic carbocycles. The molecule has 1 fully saturated rings. The molecule has 2 unspecified atom stereocenters. The Morgan fingerprint density at radius 3 is 2.28 bits per heavy atom. The predicted molar refractivity (Wildman–Crippen MR) is 71.4 cm³/mol. The summed E-state index contributed by atoms with van der Waals surface area (Å²) in [7, 11) is 0. The lowest BCUT2D eigenvalue weighted by molar-refractivity contribution is 0.00798. The first-order chi connectivity index (χ1) is 8.00. The van der Waals surface area contributed by atoms with Crippen molar-refractivity contribution in [3.63, 3.8) is 0 Å². The van der Waals surface area contributed by atoms with E-state index in [1.54, 1.807) is 4.90 Å². The molecule has 1 saturated heterocycles. The van der Waals surface area contributed by atoms with Gasteiger partial charge in [0.1, 0.15) is 5.60 Å². The molecule has 1 N–H and O–H groups in total. The van der Waals surface area contributed by atoms with Crippen molar-refractivity contribution in [2.75, 3.05) is 13.1 Å². The van der Waals surface area contributed by atoms with Crippen LogP contribution in [0.5, 0.6) is 0 Å². The monoisotopic (exact) mass is 257 g/mol. The first kappa shape index (κ1) is 15.3. The molecular weight excluding hydrogens is 230 g/mol. The molecule has 2 atom stereocenters. The quantitative estimate of drug-likeness (QED) is 0.785. The van der Waals surface area contributed by atoms with E-state index >= 15 is 0 Å². The van der Waals surface area contributed by atoms with Gasteiger partial charge in [-0.2, -0.15) is 0 Å². The Morgan fingerprint density at radius 1 is 1.28 bits per heavy atom. The summed E-state index contributed by atoms with van der Waals surface area (Å²) in [6, 6.07) is 0. The summed E-state index contributed by atoms with van der Waals surface area (Å²) in [5, 5.41) is 10.2. The Bertz CT molecular complexity index is 301. The Morgan fingerprint density at radius 2 is 1.83 bits per heavy atom. The maximum Gasteiger partial charge on any atom is 0.410 e. The molecule has 18 heavy (non-hydrogen) atoms. The van der Waals surface area contributed by atoms with Crippen LogP contribution in [0.1, 0.15) is 48.0 Å². The molecule has 0 aromatic rings. The number of aliphatic hydroxyl groups excluding tert-OH is 1. The minimum absolute atomic E-state index is 0.144. The number of carbonyl (C=O) groups is 1. The summed E-state index contributed by atoms with van der Waals surface area (Å²) in [6.45, 7) is 12.9. The third kappa shape index (κ3) is 4.16. The van der Waals surface area contributed by atoms with E-state index in [-0.39, 0.29) is 23.5 Å². The molecular formula is C14H27NO3. The van der Waals surface area contributed by atoms with Gasteiger partial charge < -0.3 is 14.7 Å². The van der Waals surface area contributed by atoms with Gasteiger partial charge in [-0.25, -0.2) is 4.79 Å². The fourth-order valence-electron chi connectivity index (χ4n) is 2.24. The Balaban J connectivity index is 2.54. The van der Waals surface area contributed by atoms with Gasteiger partial charge in [-0.05, 0) is 32.6 Å². The lowest BCUT2D eigenvalue weighted by atomic mass is 9.81. The van der Waals surface area contributed by atoms with Gasteiger partial charge in [-0.15, -0.1) is 0 Å². The highest BCUT2D eigenvalue weighted by Gasteiger charge is 2.37. The van der Waals surface area contributed by atoms with Crippen LogP contribution in [0.25, 0.3) is 0 Å². The minimum Gasteiger partial charge on any atom is -0.444 e. The van der Waals surface area contributed by atoms with Crippen LogP contribution in [-0.4, -0.2) is 40.9 Å². The van der Waals surface area contributed by atoms with Gasteiger partial charge >= 0.3 is 6.09 Å². The highest BCUT2D eigenvalue weighted by atomic mass is 16.6. The van der Waals surface area contributed by atoms with Gasteiger partial charge in [-0.3, -0.25) is 0 Å². The van der Waals surface area contributed by atoms with Crippen molar-refractivity contribution in [2.24, 2.45) is 11.3 Å². The van der Waals surface area contributed by atoms with Crippen molar-refractivity contribution in [3.05, 3.63) is 0 Å². The zero-order valence-electron chi connectivity index (χ0n) is 12.5. The molecule has 1 rings (SSSR count). The number of rotatable bonds is 1. The van der Waals surface area contributed by atoms with Gasteiger partial charge in [0.05, 0.1) is 6.10 Å². The van der Waals surface area contributed by atoms with E-state index in [0.29, 0.717) is 13.1 Å². The second kappa shape index (κ2) is 5.08. The van der Waals surface area contributed by atoms with Crippen LogP contribution in [-0.2, 0) is 4.74 Å². The summed E-state index contributed by atoms with van der Waals surface area (Å²) >= 11 is 0. The zero-order valence-corrected chi connectivity index (χ0v) is 12.5. The molecule has 1 amide bonds. The molecule has 0 spiro atoms. The molecule has 0 aromatic heterocycles. The highest BCUT2D eigenvalue weighted by Crippen LogP contribution is 2.31. The van der Waals surface area contributed by atoms with Crippen LogP contribution >= 0.6 is 0 Å². The maximum atomic E-state index is 11.9. The maximum absolute atomic E-state index is 11.9. The largest absolute Gasteiger partial charge is 0.444 e. The standard InChI is InChI=1S/C14H27NO3/c1-13(2,3)11(16)10-7-8-15(9-10)12(17)18-14(4,5)6/h10-11,16H,7-9H2,1-6H3. The fourth-order valence-corrected chi connectivity index (χ4v) is 2.24. The second-order valence-corrected chi connectivity index (χ2v) is 7.29. The molecule has 106 valence electrons. The first-order valence-electron chi connectivity index (χ1n) is 6.67. The number of aliphatic hydroxyl groups is 1. The van der Waals surface area contributed by atoms with Crippen molar-refractivity contribution < 1.29 is 14.6 Å². The SMILES string of the molecule is CC(C)(C)OC(=O)N1CCC(C(O)C(C)(C)C)C1. The van der Waals surface area contributed by atoms with Gasteiger partial charge in [0.25, 0.3) is 0 Å². The van der Waals surface area contributed by atoms with Gasteiger partial charge in [0.2, 0.25) is 0 Å². The zero-order chi connectivity index (χ0) is 14.1. The average molecular weight is 257 g/mol. The van der Waals surface area contributed by atoms with E-state index in [1.807, 2.05) is 41.5 Å². The Kier molecular flexibility index (Phi) is 4.31. The summed E-state index contributed by atoms with van der Waals surface area (Å²) < 4.78 is 5.34. The molecule has 1 aliphatic heterocycles. The van der Waals surface area contributed by atoms with Crippen molar-refractivity contribution in [1.82, 2.24) is 4.90 Å². The molecule has 0 saturated carbocycles. The van der Waals surface area contributed by atoms with Gasteiger partial charge in [0, 0.05) is 19.0 Å². The molecule has 1 aliphatic rings. The lowest BCUT2D eigenvalue weighted by Gasteiger charge is -2.31. The van der Waals surface area contributed by atoms with Gasteiger partial charge in [0.15, 0.2) is 0 Å². The highest BCUT2D eigenvalue weighted by molar-refractivity contribution is 5.68. The summed E-state index contributed by atoms with van der Waals surface area (Å²) in [5.41, 5.74) is -0.605. The van der Waals surface area contributed by atoms with E-state index in [9.17, 15) is 9.90 Å². The Hall–Kier alpha value is -0.770. The average Bonchev–Trinajstić information content (AvgIpc) is 2.60. The molecule has 0 bridgehead atoms. The van der Waals surface area contributed by atoms with Crippen LogP contribution < -0.4 is 0 Å². The smallest absolute Gasteiger partial charge is 0.410 e. The summed E-state index contributed by atoms with van der Waals surface area (Å²) in [4.78, 5) is 13.6. The minimum atomic E-state index is -0.461. The topological polar surface area (TPSA) is 49.8 Å². The van der Waals surface area contributed by atoms with E-state index in [4.69, 9.17) is 4.74 Å². The van der Waals surface area contributed by atoms with Crippen LogP contribution in [0.4, 0.5) is 4.79 Å². The molecule has 4 nitrogen and oxygen atoms in total.